The molecule has 0 bridgehead atoms. The van der Waals surface area contributed by atoms with E-state index in [1.807, 2.05) is 31.2 Å². The molecule has 0 unspecified atom stereocenters. The second-order valence-electron chi connectivity index (χ2n) is 5.38. The lowest BCUT2D eigenvalue weighted by Crippen LogP contribution is -2.27. The van der Waals surface area contributed by atoms with Crippen molar-refractivity contribution in [3.8, 4) is 0 Å². The third-order valence-electron chi connectivity index (χ3n) is 3.22. The molecule has 0 radical (unpaired) electrons. The molecule has 1 saturated heterocycles. The SMILES string of the molecule is Cc1ccccc1COC(=O)[C@@]1(CC(C)C)CS1. The first-order chi connectivity index (χ1) is 8.53. The number of ether oxygens (including phenoxy) is 1. The van der Waals surface area contributed by atoms with E-state index in [0.29, 0.717) is 12.5 Å². The van der Waals surface area contributed by atoms with E-state index in [1.54, 1.807) is 11.8 Å². The van der Waals surface area contributed by atoms with Crippen molar-refractivity contribution in [3.05, 3.63) is 35.4 Å². The molecule has 0 saturated carbocycles. The summed E-state index contributed by atoms with van der Waals surface area (Å²) in [7, 11) is 0. The van der Waals surface area contributed by atoms with E-state index in [9.17, 15) is 4.79 Å². The summed E-state index contributed by atoms with van der Waals surface area (Å²) in [6, 6.07) is 8.03. The zero-order valence-electron chi connectivity index (χ0n) is 11.2. The molecule has 2 rings (SSSR count). The maximum atomic E-state index is 12.1. The predicted molar refractivity (Wildman–Crippen MR) is 75.6 cm³/mol. The van der Waals surface area contributed by atoms with Crippen molar-refractivity contribution in [3.63, 3.8) is 0 Å². The molecule has 1 atom stereocenters. The fourth-order valence-corrected chi connectivity index (χ4v) is 3.15. The van der Waals surface area contributed by atoms with Gasteiger partial charge in [0, 0.05) is 5.75 Å². The highest BCUT2D eigenvalue weighted by Gasteiger charge is 2.52. The van der Waals surface area contributed by atoms with Crippen molar-refractivity contribution in [1.82, 2.24) is 0 Å². The molecule has 1 aliphatic rings. The van der Waals surface area contributed by atoms with Crippen molar-refractivity contribution in [1.29, 1.82) is 0 Å². The Hall–Kier alpha value is -0.960. The summed E-state index contributed by atoms with van der Waals surface area (Å²) in [6.07, 6.45) is 0.921. The molecule has 18 heavy (non-hydrogen) atoms. The zero-order chi connectivity index (χ0) is 13.2. The lowest BCUT2D eigenvalue weighted by molar-refractivity contribution is -0.146. The molecule has 98 valence electrons. The second-order valence-corrected chi connectivity index (χ2v) is 6.74. The zero-order valence-corrected chi connectivity index (χ0v) is 12.0. The summed E-state index contributed by atoms with van der Waals surface area (Å²) in [6.45, 7) is 6.73. The van der Waals surface area contributed by atoms with Crippen LogP contribution < -0.4 is 0 Å². The van der Waals surface area contributed by atoms with Crippen LogP contribution in [-0.2, 0) is 16.1 Å². The fraction of sp³-hybridized carbons (Fsp3) is 0.533. The average Bonchev–Trinajstić information content (AvgIpc) is 3.07. The van der Waals surface area contributed by atoms with Crippen LogP contribution in [0.1, 0.15) is 31.4 Å². The van der Waals surface area contributed by atoms with E-state index in [2.05, 4.69) is 13.8 Å². The van der Waals surface area contributed by atoms with Crippen molar-refractivity contribution in [2.24, 2.45) is 5.92 Å². The minimum atomic E-state index is -0.239. The van der Waals surface area contributed by atoms with Crippen molar-refractivity contribution in [2.75, 3.05) is 5.75 Å². The smallest absolute Gasteiger partial charge is 0.323 e. The van der Waals surface area contributed by atoms with Gasteiger partial charge in [0.05, 0.1) is 0 Å². The first-order valence-electron chi connectivity index (χ1n) is 6.39. The van der Waals surface area contributed by atoms with Crippen molar-refractivity contribution >= 4 is 17.7 Å². The topological polar surface area (TPSA) is 26.3 Å². The lowest BCUT2D eigenvalue weighted by atomic mass is 9.99. The number of hydrogen-bond acceptors (Lipinski definition) is 3. The van der Waals surface area contributed by atoms with Gasteiger partial charge in [-0.2, -0.15) is 0 Å². The van der Waals surface area contributed by atoms with Crippen LogP contribution in [0.3, 0.4) is 0 Å². The first-order valence-corrected chi connectivity index (χ1v) is 7.38. The molecule has 0 aromatic heterocycles. The Labute approximate surface area is 113 Å². The largest absolute Gasteiger partial charge is 0.460 e. The average molecular weight is 264 g/mol. The monoisotopic (exact) mass is 264 g/mol. The van der Waals surface area contributed by atoms with Gasteiger partial charge in [-0.15, -0.1) is 11.8 Å². The van der Waals surface area contributed by atoms with Crippen LogP contribution in [-0.4, -0.2) is 16.5 Å². The number of rotatable bonds is 5. The van der Waals surface area contributed by atoms with Crippen LogP contribution in [0, 0.1) is 12.8 Å². The van der Waals surface area contributed by atoms with E-state index < -0.39 is 0 Å². The predicted octanol–water partition coefficient (Wildman–Crippen LogP) is 3.57. The van der Waals surface area contributed by atoms with Crippen LogP contribution in [0.5, 0.6) is 0 Å². The van der Waals surface area contributed by atoms with Gasteiger partial charge >= 0.3 is 5.97 Å². The normalized spacial score (nSPS) is 22.0. The summed E-state index contributed by atoms with van der Waals surface area (Å²) in [5, 5.41) is 0. The highest BCUT2D eigenvalue weighted by Crippen LogP contribution is 2.50. The van der Waals surface area contributed by atoms with Crippen molar-refractivity contribution < 1.29 is 9.53 Å². The Morgan fingerprint density at radius 3 is 2.67 bits per heavy atom. The van der Waals surface area contributed by atoms with E-state index in [-0.39, 0.29) is 10.7 Å². The van der Waals surface area contributed by atoms with Gasteiger partial charge in [0.15, 0.2) is 0 Å². The standard InChI is InChI=1S/C15H20O2S/c1-11(2)8-15(10-18-15)14(16)17-9-13-7-5-4-6-12(13)3/h4-7,11H,8-10H2,1-3H3/t15-/m1/s1. The summed E-state index contributed by atoms with van der Waals surface area (Å²) in [4.78, 5) is 12.1. The number of thioether (sulfide) groups is 1. The molecule has 1 heterocycles. The second kappa shape index (κ2) is 5.35. The van der Waals surface area contributed by atoms with Gasteiger partial charge in [-0.25, -0.2) is 0 Å². The van der Waals surface area contributed by atoms with Gasteiger partial charge in [0.2, 0.25) is 0 Å². The summed E-state index contributed by atoms with van der Waals surface area (Å²) < 4.78 is 5.24. The Bertz CT molecular complexity index is 436. The number of benzene rings is 1. The molecule has 0 spiro atoms. The molecule has 1 aromatic carbocycles. The third kappa shape index (κ3) is 3.08. The van der Waals surface area contributed by atoms with Crippen LogP contribution in [0.4, 0.5) is 0 Å². The van der Waals surface area contributed by atoms with Crippen LogP contribution in [0.25, 0.3) is 0 Å². The van der Waals surface area contributed by atoms with Crippen LogP contribution in [0.15, 0.2) is 24.3 Å². The van der Waals surface area contributed by atoms with Gasteiger partial charge in [0.1, 0.15) is 11.4 Å². The molecular formula is C15H20O2S. The molecule has 0 aliphatic carbocycles. The van der Waals surface area contributed by atoms with E-state index >= 15 is 0 Å². The number of aryl methyl sites for hydroxylation is 1. The Morgan fingerprint density at radius 2 is 2.11 bits per heavy atom. The Morgan fingerprint density at radius 1 is 1.44 bits per heavy atom. The van der Waals surface area contributed by atoms with Gasteiger partial charge in [-0.3, -0.25) is 4.79 Å². The highest BCUT2D eigenvalue weighted by molar-refractivity contribution is 8.08. The summed E-state index contributed by atoms with van der Waals surface area (Å²) in [5.74, 6) is 1.41. The van der Waals surface area contributed by atoms with Gasteiger partial charge in [-0.1, -0.05) is 38.1 Å². The molecule has 0 amide bonds. The molecule has 1 aromatic rings. The molecule has 0 N–H and O–H groups in total. The molecule has 1 fully saturated rings. The highest BCUT2D eigenvalue weighted by atomic mass is 32.2. The first kappa shape index (κ1) is 13.5. The molecule has 1 aliphatic heterocycles. The third-order valence-corrected chi connectivity index (χ3v) is 4.54. The minimum Gasteiger partial charge on any atom is -0.460 e. The molecule has 3 heteroatoms. The number of esters is 1. The molecule has 2 nitrogen and oxygen atoms in total. The number of carbonyl (C=O) groups is 1. The Balaban J connectivity index is 1.91. The minimum absolute atomic E-state index is 0.0375. The maximum Gasteiger partial charge on any atom is 0.323 e. The summed E-state index contributed by atoms with van der Waals surface area (Å²) >= 11 is 1.72. The van der Waals surface area contributed by atoms with Gasteiger partial charge < -0.3 is 4.74 Å². The van der Waals surface area contributed by atoms with Gasteiger partial charge in [-0.05, 0) is 30.4 Å². The fourth-order valence-electron chi connectivity index (χ4n) is 2.11. The maximum absolute atomic E-state index is 12.1. The summed E-state index contributed by atoms with van der Waals surface area (Å²) in [5.41, 5.74) is 2.27. The van der Waals surface area contributed by atoms with Crippen molar-refractivity contribution in [2.45, 2.75) is 38.5 Å². The Kier molecular flexibility index (Phi) is 4.00. The van der Waals surface area contributed by atoms with E-state index in [4.69, 9.17) is 4.74 Å². The van der Waals surface area contributed by atoms with Crippen LogP contribution >= 0.6 is 11.8 Å². The van der Waals surface area contributed by atoms with Gasteiger partial charge in [0.25, 0.3) is 0 Å². The molecular weight excluding hydrogens is 244 g/mol. The lowest BCUT2D eigenvalue weighted by Gasteiger charge is -2.15. The van der Waals surface area contributed by atoms with E-state index in [0.717, 1.165) is 17.7 Å². The quantitative estimate of drug-likeness (QED) is 0.601. The van der Waals surface area contributed by atoms with E-state index in [1.165, 1.54) is 5.56 Å². The van der Waals surface area contributed by atoms with Crippen LogP contribution in [0.2, 0.25) is 0 Å². The number of carbonyl (C=O) groups excluding carboxylic acids is 1. The number of hydrogen-bond donors (Lipinski definition) is 0.